The van der Waals surface area contributed by atoms with Crippen molar-refractivity contribution in [3.63, 3.8) is 0 Å². The van der Waals surface area contributed by atoms with Gasteiger partial charge in [0.05, 0.1) is 11.6 Å². The Morgan fingerprint density at radius 3 is 2.94 bits per heavy atom. The molecule has 1 fully saturated rings. The summed E-state index contributed by atoms with van der Waals surface area (Å²) in [5.41, 5.74) is 2.83. The van der Waals surface area contributed by atoms with E-state index in [0.717, 1.165) is 31.8 Å². The summed E-state index contributed by atoms with van der Waals surface area (Å²) in [7, 11) is 0. The number of hydrogen-bond acceptors (Lipinski definition) is 3. The molecule has 0 saturated heterocycles. The minimum atomic E-state index is -0.0879. The Morgan fingerprint density at radius 1 is 1.69 bits per heavy atom. The molecule has 0 bridgehead atoms. The van der Waals surface area contributed by atoms with Gasteiger partial charge >= 0.3 is 0 Å². The van der Waals surface area contributed by atoms with Gasteiger partial charge in [0.2, 0.25) is 0 Å². The summed E-state index contributed by atoms with van der Waals surface area (Å²) in [6, 6.07) is 0.188. The molecule has 0 aliphatic heterocycles. The molecule has 0 radical (unpaired) electrons. The molecule has 1 aliphatic rings. The second-order valence-corrected chi connectivity index (χ2v) is 4.94. The van der Waals surface area contributed by atoms with Crippen LogP contribution in [-0.2, 0) is 4.74 Å². The smallest absolute Gasteiger partial charge is 0.0853 e. The molecule has 3 nitrogen and oxygen atoms in total. The fraction of sp³-hybridized carbons (Fsp3) is 0.846. The van der Waals surface area contributed by atoms with E-state index in [4.69, 9.17) is 10.6 Å². The maximum absolute atomic E-state index is 6.06. The Kier molecular flexibility index (Phi) is 5.46. The second-order valence-electron chi connectivity index (χ2n) is 4.94. The lowest BCUT2D eigenvalue weighted by atomic mass is 9.74. The molecule has 0 amide bonds. The Labute approximate surface area is 99.4 Å². The van der Waals surface area contributed by atoms with Crippen molar-refractivity contribution in [2.45, 2.75) is 57.6 Å². The number of ether oxygens (including phenoxy) is 1. The van der Waals surface area contributed by atoms with Crippen molar-refractivity contribution >= 4 is 0 Å². The van der Waals surface area contributed by atoms with Crippen LogP contribution in [0.5, 0.6) is 0 Å². The zero-order valence-electron chi connectivity index (χ0n) is 10.7. The molecule has 16 heavy (non-hydrogen) atoms. The molecule has 1 aliphatic carbocycles. The normalized spacial score (nSPS) is 32.3. The first-order valence-electron chi connectivity index (χ1n) is 6.39. The minimum absolute atomic E-state index is 0.0879. The minimum Gasteiger partial charge on any atom is -0.374 e. The summed E-state index contributed by atoms with van der Waals surface area (Å²) in [5.74, 6) is 6.40. The van der Waals surface area contributed by atoms with Crippen molar-refractivity contribution in [2.75, 3.05) is 6.61 Å². The third-order valence-corrected chi connectivity index (χ3v) is 3.66. The Hall–Kier alpha value is -0.380. The molecule has 3 atom stereocenters. The van der Waals surface area contributed by atoms with Gasteiger partial charge in [0, 0.05) is 6.61 Å². The van der Waals surface area contributed by atoms with Crippen molar-refractivity contribution in [3.8, 4) is 0 Å². The van der Waals surface area contributed by atoms with E-state index in [1.54, 1.807) is 0 Å². The molecule has 0 aromatic rings. The van der Waals surface area contributed by atoms with E-state index in [1.807, 2.05) is 6.08 Å². The van der Waals surface area contributed by atoms with Gasteiger partial charge in [-0.3, -0.25) is 11.3 Å². The largest absolute Gasteiger partial charge is 0.374 e. The monoisotopic (exact) mass is 226 g/mol. The summed E-state index contributed by atoms with van der Waals surface area (Å²) in [6.45, 7) is 8.91. The summed E-state index contributed by atoms with van der Waals surface area (Å²) in [5, 5.41) is 0. The quantitative estimate of drug-likeness (QED) is 0.415. The van der Waals surface area contributed by atoms with E-state index in [1.165, 1.54) is 12.8 Å². The van der Waals surface area contributed by atoms with Crippen LogP contribution in [0.3, 0.4) is 0 Å². The molecule has 3 unspecified atom stereocenters. The van der Waals surface area contributed by atoms with Crippen molar-refractivity contribution in [2.24, 2.45) is 11.8 Å². The molecule has 94 valence electrons. The first kappa shape index (κ1) is 13.7. The van der Waals surface area contributed by atoms with Crippen LogP contribution in [0.2, 0.25) is 0 Å². The second kappa shape index (κ2) is 6.38. The van der Waals surface area contributed by atoms with E-state index in [2.05, 4.69) is 25.9 Å². The van der Waals surface area contributed by atoms with E-state index in [9.17, 15) is 0 Å². The molecule has 3 heteroatoms. The number of nitrogens with one attached hydrogen (secondary N) is 1. The fourth-order valence-corrected chi connectivity index (χ4v) is 2.98. The van der Waals surface area contributed by atoms with Crippen molar-refractivity contribution in [1.29, 1.82) is 0 Å². The zero-order chi connectivity index (χ0) is 12.0. The maximum atomic E-state index is 6.06. The van der Waals surface area contributed by atoms with Gasteiger partial charge in [-0.05, 0) is 32.1 Å². The average Bonchev–Trinajstić information content (AvgIpc) is 2.26. The highest BCUT2D eigenvalue weighted by Crippen LogP contribution is 2.38. The van der Waals surface area contributed by atoms with Gasteiger partial charge in [0.15, 0.2) is 0 Å². The van der Waals surface area contributed by atoms with Crippen LogP contribution in [-0.4, -0.2) is 18.2 Å². The molecular formula is C13H26N2O. The molecule has 3 N–H and O–H groups in total. The topological polar surface area (TPSA) is 47.3 Å². The zero-order valence-corrected chi connectivity index (χ0v) is 10.7. The highest BCUT2D eigenvalue weighted by atomic mass is 16.5. The molecule has 1 rings (SSSR count). The van der Waals surface area contributed by atoms with E-state index < -0.39 is 0 Å². The van der Waals surface area contributed by atoms with Gasteiger partial charge in [-0.2, -0.15) is 0 Å². The Balaban J connectivity index is 2.79. The predicted octanol–water partition coefficient (Wildman–Crippen LogP) is 2.38. The molecular weight excluding hydrogens is 200 g/mol. The van der Waals surface area contributed by atoms with E-state index in [-0.39, 0.29) is 11.6 Å². The van der Waals surface area contributed by atoms with Crippen molar-refractivity contribution in [1.82, 2.24) is 5.43 Å². The number of rotatable bonds is 6. The Morgan fingerprint density at radius 2 is 2.44 bits per heavy atom. The van der Waals surface area contributed by atoms with Gasteiger partial charge in [-0.1, -0.05) is 25.8 Å². The van der Waals surface area contributed by atoms with Crippen molar-refractivity contribution in [3.05, 3.63) is 12.7 Å². The SMILES string of the molecule is C=CCC(NN)C1(OCC)CCCC(C)C1. The first-order valence-corrected chi connectivity index (χ1v) is 6.39. The summed E-state index contributed by atoms with van der Waals surface area (Å²) < 4.78 is 6.06. The molecule has 1 saturated carbocycles. The number of hydrazine groups is 1. The lowest BCUT2D eigenvalue weighted by Gasteiger charge is -2.44. The van der Waals surface area contributed by atoms with Gasteiger partial charge in [-0.15, -0.1) is 6.58 Å². The molecule has 0 heterocycles. The third kappa shape index (κ3) is 3.06. The highest BCUT2D eigenvalue weighted by Gasteiger charge is 2.41. The van der Waals surface area contributed by atoms with Gasteiger partial charge in [0.1, 0.15) is 0 Å². The van der Waals surface area contributed by atoms with E-state index in [0.29, 0.717) is 0 Å². The lowest BCUT2D eigenvalue weighted by molar-refractivity contribution is -0.0996. The lowest BCUT2D eigenvalue weighted by Crippen LogP contribution is -2.56. The first-order chi connectivity index (χ1) is 7.68. The Bertz CT molecular complexity index is 216. The van der Waals surface area contributed by atoms with Crippen LogP contribution in [0.15, 0.2) is 12.7 Å². The fourth-order valence-electron chi connectivity index (χ4n) is 2.98. The maximum Gasteiger partial charge on any atom is 0.0853 e. The molecule has 0 spiro atoms. The number of hydrogen-bond donors (Lipinski definition) is 2. The average molecular weight is 226 g/mol. The van der Waals surface area contributed by atoms with Crippen molar-refractivity contribution < 1.29 is 4.74 Å². The predicted molar refractivity (Wildman–Crippen MR) is 67.9 cm³/mol. The van der Waals surface area contributed by atoms with E-state index >= 15 is 0 Å². The van der Waals surface area contributed by atoms with Crippen LogP contribution in [0.1, 0.15) is 46.0 Å². The van der Waals surface area contributed by atoms with Crippen LogP contribution in [0, 0.1) is 5.92 Å². The molecule has 0 aromatic heterocycles. The van der Waals surface area contributed by atoms with Crippen LogP contribution in [0.25, 0.3) is 0 Å². The molecule has 0 aromatic carbocycles. The highest BCUT2D eigenvalue weighted by molar-refractivity contribution is 4.98. The van der Waals surface area contributed by atoms with Crippen LogP contribution >= 0.6 is 0 Å². The number of nitrogens with two attached hydrogens (primary N) is 1. The summed E-state index contributed by atoms with van der Waals surface area (Å²) in [4.78, 5) is 0. The van der Waals surface area contributed by atoms with Gasteiger partial charge in [0.25, 0.3) is 0 Å². The van der Waals surface area contributed by atoms with Crippen LogP contribution in [0.4, 0.5) is 0 Å². The third-order valence-electron chi connectivity index (χ3n) is 3.66. The van der Waals surface area contributed by atoms with Gasteiger partial charge in [-0.25, -0.2) is 0 Å². The summed E-state index contributed by atoms with van der Waals surface area (Å²) >= 11 is 0. The summed E-state index contributed by atoms with van der Waals surface area (Å²) in [6.07, 6.45) is 7.53. The van der Waals surface area contributed by atoms with Crippen LogP contribution < -0.4 is 11.3 Å². The van der Waals surface area contributed by atoms with Gasteiger partial charge < -0.3 is 4.74 Å². The standard InChI is InChI=1S/C13H26N2O/c1-4-7-12(15-14)13(16-5-2)9-6-8-11(3)10-13/h4,11-12,15H,1,5-10,14H2,2-3H3.